The van der Waals surface area contributed by atoms with Crippen LogP contribution in [-0.2, 0) is 11.2 Å². The number of benzene rings is 1. The zero-order chi connectivity index (χ0) is 14.1. The minimum Gasteiger partial charge on any atom is -0.481 e. The van der Waals surface area contributed by atoms with Crippen LogP contribution in [0.3, 0.4) is 0 Å². The summed E-state index contributed by atoms with van der Waals surface area (Å²) in [5.74, 6) is -1.41. The van der Waals surface area contributed by atoms with Gasteiger partial charge in [0.05, 0.1) is 5.92 Å². The first-order chi connectivity index (χ1) is 9.13. The van der Waals surface area contributed by atoms with E-state index in [0.717, 1.165) is 12.0 Å². The molecule has 0 aliphatic rings. The molecule has 0 radical (unpaired) electrons. The highest BCUT2D eigenvalue weighted by molar-refractivity contribution is 5.75. The van der Waals surface area contributed by atoms with Gasteiger partial charge < -0.3 is 15.7 Å². The van der Waals surface area contributed by atoms with Gasteiger partial charge in [-0.3, -0.25) is 4.79 Å². The number of aliphatic carboxylic acids is 1. The molecule has 0 aliphatic carbocycles. The molecule has 104 valence electrons. The second-order valence-corrected chi connectivity index (χ2v) is 4.32. The summed E-state index contributed by atoms with van der Waals surface area (Å²) >= 11 is 0. The van der Waals surface area contributed by atoms with Gasteiger partial charge in [0.15, 0.2) is 0 Å². The van der Waals surface area contributed by atoms with E-state index in [1.54, 1.807) is 6.92 Å². The fourth-order valence-electron chi connectivity index (χ4n) is 1.65. The Kier molecular flexibility index (Phi) is 6.43. The summed E-state index contributed by atoms with van der Waals surface area (Å²) in [6.07, 6.45) is 1.25. The van der Waals surface area contributed by atoms with Crippen molar-refractivity contribution in [3.05, 3.63) is 35.9 Å². The lowest BCUT2D eigenvalue weighted by Crippen LogP contribution is -2.40. The second-order valence-electron chi connectivity index (χ2n) is 4.32. The third-order valence-corrected chi connectivity index (χ3v) is 2.89. The fourth-order valence-corrected chi connectivity index (χ4v) is 1.65. The van der Waals surface area contributed by atoms with Gasteiger partial charge >= 0.3 is 12.0 Å². The SMILES string of the molecule is CCC(CNC(=O)NCCc1ccccc1)C(=O)O. The number of carboxylic acids is 1. The zero-order valence-corrected chi connectivity index (χ0v) is 11.1. The predicted molar refractivity (Wildman–Crippen MR) is 73.0 cm³/mol. The lowest BCUT2D eigenvalue weighted by molar-refractivity contribution is -0.141. The maximum atomic E-state index is 11.5. The van der Waals surface area contributed by atoms with E-state index < -0.39 is 11.9 Å². The zero-order valence-electron chi connectivity index (χ0n) is 11.1. The molecule has 1 aromatic rings. The van der Waals surface area contributed by atoms with Crippen molar-refractivity contribution in [3.8, 4) is 0 Å². The van der Waals surface area contributed by atoms with Gasteiger partial charge in [0.1, 0.15) is 0 Å². The average molecular weight is 264 g/mol. The molecule has 0 heterocycles. The van der Waals surface area contributed by atoms with Crippen LogP contribution >= 0.6 is 0 Å². The Hall–Kier alpha value is -2.04. The molecule has 0 spiro atoms. The van der Waals surface area contributed by atoms with Crippen LogP contribution in [0.15, 0.2) is 30.3 Å². The van der Waals surface area contributed by atoms with Crippen molar-refractivity contribution in [3.63, 3.8) is 0 Å². The summed E-state index contributed by atoms with van der Waals surface area (Å²) in [6.45, 7) is 2.47. The van der Waals surface area contributed by atoms with Crippen LogP contribution in [0.1, 0.15) is 18.9 Å². The number of hydrogen-bond donors (Lipinski definition) is 3. The Morgan fingerprint density at radius 1 is 1.21 bits per heavy atom. The van der Waals surface area contributed by atoms with Crippen molar-refractivity contribution < 1.29 is 14.7 Å². The molecule has 5 nitrogen and oxygen atoms in total. The molecule has 3 N–H and O–H groups in total. The topological polar surface area (TPSA) is 78.4 Å². The molecule has 1 atom stereocenters. The summed E-state index contributed by atoms with van der Waals surface area (Å²) in [6, 6.07) is 9.52. The van der Waals surface area contributed by atoms with Crippen molar-refractivity contribution in [2.45, 2.75) is 19.8 Å². The molecule has 0 fully saturated rings. The van der Waals surface area contributed by atoms with Gasteiger partial charge in [0.2, 0.25) is 0 Å². The molecule has 0 bridgehead atoms. The molecule has 1 unspecified atom stereocenters. The summed E-state index contributed by atoms with van der Waals surface area (Å²) in [5, 5.41) is 14.1. The lowest BCUT2D eigenvalue weighted by Gasteiger charge is -2.11. The van der Waals surface area contributed by atoms with Gasteiger partial charge in [-0.05, 0) is 18.4 Å². The fraction of sp³-hybridized carbons (Fsp3) is 0.429. The van der Waals surface area contributed by atoms with Crippen molar-refractivity contribution in [2.75, 3.05) is 13.1 Å². The number of carboxylic acid groups (broad SMARTS) is 1. The van der Waals surface area contributed by atoms with E-state index in [2.05, 4.69) is 10.6 Å². The van der Waals surface area contributed by atoms with E-state index in [1.165, 1.54) is 0 Å². The predicted octanol–water partition coefficient (Wildman–Crippen LogP) is 1.64. The van der Waals surface area contributed by atoms with E-state index in [9.17, 15) is 9.59 Å². The van der Waals surface area contributed by atoms with Gasteiger partial charge in [-0.25, -0.2) is 4.79 Å². The largest absolute Gasteiger partial charge is 0.481 e. The Labute approximate surface area is 113 Å². The van der Waals surface area contributed by atoms with Gasteiger partial charge in [-0.15, -0.1) is 0 Å². The van der Waals surface area contributed by atoms with Crippen molar-refractivity contribution in [1.29, 1.82) is 0 Å². The van der Waals surface area contributed by atoms with E-state index in [-0.39, 0.29) is 12.6 Å². The van der Waals surface area contributed by atoms with E-state index >= 15 is 0 Å². The van der Waals surface area contributed by atoms with Gasteiger partial charge in [-0.1, -0.05) is 37.3 Å². The van der Waals surface area contributed by atoms with Crippen LogP contribution in [0.25, 0.3) is 0 Å². The molecular formula is C14H20N2O3. The monoisotopic (exact) mass is 264 g/mol. The Bertz CT molecular complexity index is 406. The maximum Gasteiger partial charge on any atom is 0.314 e. The number of amides is 2. The second kappa shape index (κ2) is 8.13. The lowest BCUT2D eigenvalue weighted by atomic mass is 10.1. The number of rotatable bonds is 7. The Morgan fingerprint density at radius 3 is 2.47 bits per heavy atom. The highest BCUT2D eigenvalue weighted by Crippen LogP contribution is 2.00. The van der Waals surface area contributed by atoms with E-state index in [0.29, 0.717) is 13.0 Å². The molecular weight excluding hydrogens is 244 g/mol. The number of nitrogens with one attached hydrogen (secondary N) is 2. The third-order valence-electron chi connectivity index (χ3n) is 2.89. The molecule has 0 saturated carbocycles. The molecule has 1 aromatic carbocycles. The Balaban J connectivity index is 2.19. The summed E-state index contributed by atoms with van der Waals surface area (Å²) in [7, 11) is 0. The normalized spacial score (nSPS) is 11.6. The van der Waals surface area contributed by atoms with E-state index in [4.69, 9.17) is 5.11 Å². The minimum absolute atomic E-state index is 0.156. The van der Waals surface area contributed by atoms with Crippen LogP contribution in [0, 0.1) is 5.92 Å². The number of carbonyl (C=O) groups is 2. The molecule has 0 aromatic heterocycles. The van der Waals surface area contributed by atoms with Crippen molar-refractivity contribution in [2.24, 2.45) is 5.92 Å². The molecule has 2 amide bonds. The summed E-state index contributed by atoms with van der Waals surface area (Å²) < 4.78 is 0. The first-order valence-corrected chi connectivity index (χ1v) is 6.42. The first-order valence-electron chi connectivity index (χ1n) is 6.42. The summed E-state index contributed by atoms with van der Waals surface area (Å²) in [4.78, 5) is 22.2. The van der Waals surface area contributed by atoms with Crippen molar-refractivity contribution in [1.82, 2.24) is 10.6 Å². The smallest absolute Gasteiger partial charge is 0.314 e. The van der Waals surface area contributed by atoms with Gasteiger partial charge in [0.25, 0.3) is 0 Å². The number of urea groups is 1. The molecule has 5 heteroatoms. The highest BCUT2D eigenvalue weighted by Gasteiger charge is 2.15. The highest BCUT2D eigenvalue weighted by atomic mass is 16.4. The van der Waals surface area contributed by atoms with Crippen LogP contribution in [0.4, 0.5) is 4.79 Å². The molecule has 0 aliphatic heterocycles. The first kappa shape index (κ1) is 15.0. The molecule has 1 rings (SSSR count). The average Bonchev–Trinajstić information content (AvgIpc) is 2.40. The van der Waals surface area contributed by atoms with Crippen LogP contribution in [0.5, 0.6) is 0 Å². The third kappa shape index (κ3) is 5.90. The van der Waals surface area contributed by atoms with Crippen LogP contribution in [-0.4, -0.2) is 30.2 Å². The van der Waals surface area contributed by atoms with Crippen LogP contribution in [0.2, 0.25) is 0 Å². The molecule has 19 heavy (non-hydrogen) atoms. The summed E-state index contributed by atoms with van der Waals surface area (Å²) in [5.41, 5.74) is 1.15. The number of carbonyl (C=O) groups excluding carboxylic acids is 1. The van der Waals surface area contributed by atoms with Gasteiger partial charge in [-0.2, -0.15) is 0 Å². The Morgan fingerprint density at radius 2 is 1.89 bits per heavy atom. The maximum absolute atomic E-state index is 11.5. The quantitative estimate of drug-likeness (QED) is 0.700. The standard InChI is InChI=1S/C14H20N2O3/c1-2-12(13(17)18)10-16-14(19)15-9-8-11-6-4-3-5-7-11/h3-7,12H,2,8-10H2,1H3,(H,17,18)(H2,15,16,19). The molecule has 0 saturated heterocycles. The van der Waals surface area contributed by atoms with Crippen LogP contribution < -0.4 is 10.6 Å². The van der Waals surface area contributed by atoms with E-state index in [1.807, 2.05) is 30.3 Å². The minimum atomic E-state index is -0.882. The van der Waals surface area contributed by atoms with Crippen molar-refractivity contribution >= 4 is 12.0 Å². The number of hydrogen-bond acceptors (Lipinski definition) is 2. The van der Waals surface area contributed by atoms with Gasteiger partial charge in [0, 0.05) is 13.1 Å².